The third-order valence-corrected chi connectivity index (χ3v) is 5.34. The lowest BCUT2D eigenvalue weighted by Crippen LogP contribution is -2.30. The summed E-state index contributed by atoms with van der Waals surface area (Å²) in [7, 11) is -2.24. The topological polar surface area (TPSA) is 107 Å². The minimum absolute atomic E-state index is 0.116. The van der Waals surface area contributed by atoms with E-state index < -0.39 is 22.6 Å². The Balaban J connectivity index is 1.89. The van der Waals surface area contributed by atoms with Gasteiger partial charge in [0, 0.05) is 11.9 Å². The van der Waals surface area contributed by atoms with Gasteiger partial charge in [-0.05, 0) is 36.4 Å². The van der Waals surface area contributed by atoms with Gasteiger partial charge in [0.15, 0.2) is 6.61 Å². The van der Waals surface area contributed by atoms with Gasteiger partial charge in [-0.15, -0.1) is 11.3 Å². The molecule has 0 radical (unpaired) electrons. The lowest BCUT2D eigenvalue weighted by Gasteiger charge is -2.16. The summed E-state index contributed by atoms with van der Waals surface area (Å²) in [5, 5.41) is 4.98. The molecule has 0 atom stereocenters. The maximum atomic E-state index is 12.0. The zero-order valence-electron chi connectivity index (χ0n) is 13.1. The van der Waals surface area contributed by atoms with Crippen LogP contribution in [-0.2, 0) is 26.1 Å². The number of likely N-dealkylation sites (N-methyl/N-ethyl adjacent to an activating group) is 1. The number of carbonyl (C=O) groups is 2. The molecule has 0 bridgehead atoms. The molecule has 0 saturated heterocycles. The Hall–Kier alpha value is -1.94. The average Bonchev–Trinajstić information content (AvgIpc) is 2.96. The van der Waals surface area contributed by atoms with E-state index in [2.05, 4.69) is 0 Å². The van der Waals surface area contributed by atoms with Crippen molar-refractivity contribution in [1.29, 1.82) is 0 Å². The van der Waals surface area contributed by atoms with E-state index in [1.54, 1.807) is 13.1 Å². The number of ether oxygens (including phenoxy) is 1. The van der Waals surface area contributed by atoms with Crippen molar-refractivity contribution in [3.8, 4) is 0 Å². The highest BCUT2D eigenvalue weighted by molar-refractivity contribution is 7.89. The van der Waals surface area contributed by atoms with Gasteiger partial charge in [0.25, 0.3) is 5.91 Å². The van der Waals surface area contributed by atoms with Crippen LogP contribution in [0.4, 0.5) is 0 Å². The van der Waals surface area contributed by atoms with Crippen molar-refractivity contribution in [3.63, 3.8) is 0 Å². The predicted molar refractivity (Wildman–Crippen MR) is 93.9 cm³/mol. The summed E-state index contributed by atoms with van der Waals surface area (Å²) in [4.78, 5) is 26.1. The number of esters is 1. The molecular weight excluding hydrogens is 388 g/mol. The highest BCUT2D eigenvalue weighted by atomic mass is 35.5. The third-order valence-electron chi connectivity index (χ3n) is 3.19. The van der Waals surface area contributed by atoms with Gasteiger partial charge >= 0.3 is 5.97 Å². The average molecular weight is 403 g/mol. The molecule has 1 aromatic carbocycles. The van der Waals surface area contributed by atoms with E-state index in [1.165, 1.54) is 40.5 Å². The molecule has 0 aliphatic heterocycles. The van der Waals surface area contributed by atoms with Crippen molar-refractivity contribution < 1.29 is 22.7 Å². The molecule has 1 aromatic heterocycles. The Morgan fingerprint density at radius 2 is 1.84 bits per heavy atom. The fraction of sp³-hybridized carbons (Fsp3) is 0.200. The molecule has 2 aromatic rings. The van der Waals surface area contributed by atoms with E-state index in [4.69, 9.17) is 21.5 Å². The number of carbonyl (C=O) groups excluding carboxylic acids is 2. The number of benzene rings is 1. The number of thiophene rings is 1. The number of nitrogens with two attached hydrogens (primary N) is 1. The first-order valence-corrected chi connectivity index (χ1v) is 9.69. The zero-order chi connectivity index (χ0) is 18.6. The molecular formula is C15H15ClN2O5S2. The molecule has 10 heteroatoms. The van der Waals surface area contributed by atoms with Crippen LogP contribution in [0.5, 0.6) is 0 Å². The highest BCUT2D eigenvalue weighted by Crippen LogP contribution is 2.22. The molecule has 7 nitrogen and oxygen atoms in total. The van der Waals surface area contributed by atoms with Gasteiger partial charge in [0.2, 0.25) is 10.0 Å². The Kier molecular flexibility index (Phi) is 6.17. The molecule has 2 N–H and O–H groups in total. The van der Waals surface area contributed by atoms with Crippen LogP contribution in [-0.4, -0.2) is 38.8 Å². The lowest BCUT2D eigenvalue weighted by molar-refractivity contribution is -0.133. The number of rotatable bonds is 6. The SMILES string of the molecule is CN(Cc1ccc(Cl)s1)C(=O)COC(=O)c1ccc(S(N)(=O)=O)cc1. The maximum absolute atomic E-state index is 12.0. The summed E-state index contributed by atoms with van der Waals surface area (Å²) >= 11 is 7.20. The van der Waals surface area contributed by atoms with Crippen molar-refractivity contribution >= 4 is 44.8 Å². The molecule has 1 amide bonds. The van der Waals surface area contributed by atoms with Crippen LogP contribution in [0, 0.1) is 0 Å². The van der Waals surface area contributed by atoms with Crippen LogP contribution in [0.2, 0.25) is 4.34 Å². The van der Waals surface area contributed by atoms with Crippen LogP contribution in [0.1, 0.15) is 15.2 Å². The smallest absolute Gasteiger partial charge is 0.338 e. The summed E-state index contributed by atoms with van der Waals surface area (Å²) in [6.07, 6.45) is 0. The Morgan fingerprint density at radius 1 is 1.20 bits per heavy atom. The van der Waals surface area contributed by atoms with Gasteiger partial charge in [0.1, 0.15) is 0 Å². The second-order valence-corrected chi connectivity index (χ2v) is 8.46. The van der Waals surface area contributed by atoms with Gasteiger partial charge in [-0.25, -0.2) is 18.4 Å². The first-order chi connectivity index (χ1) is 11.7. The van der Waals surface area contributed by atoms with Crippen molar-refractivity contribution in [2.24, 2.45) is 5.14 Å². The number of hydrogen-bond acceptors (Lipinski definition) is 6. The molecule has 25 heavy (non-hydrogen) atoms. The summed E-state index contributed by atoms with van der Waals surface area (Å²) in [6.45, 7) is -0.0673. The predicted octanol–water partition coefficient (Wildman–Crippen LogP) is 1.86. The van der Waals surface area contributed by atoms with Crippen molar-refractivity contribution in [3.05, 3.63) is 51.2 Å². The number of halogens is 1. The van der Waals surface area contributed by atoms with Crippen LogP contribution in [0.3, 0.4) is 0 Å². The van der Waals surface area contributed by atoms with Crippen molar-refractivity contribution in [1.82, 2.24) is 4.90 Å². The molecule has 0 spiro atoms. The molecule has 0 saturated carbocycles. The van der Waals surface area contributed by atoms with E-state index in [-0.39, 0.29) is 16.4 Å². The van der Waals surface area contributed by atoms with E-state index in [9.17, 15) is 18.0 Å². The number of primary sulfonamides is 1. The van der Waals surface area contributed by atoms with Gasteiger partial charge in [0.05, 0.1) is 21.3 Å². The summed E-state index contributed by atoms with van der Waals surface area (Å²) < 4.78 is 27.9. The van der Waals surface area contributed by atoms with Crippen molar-refractivity contribution in [2.75, 3.05) is 13.7 Å². The number of nitrogens with zero attached hydrogens (tertiary/aromatic N) is 1. The molecule has 0 aliphatic rings. The fourth-order valence-electron chi connectivity index (χ4n) is 1.86. The Bertz CT molecular complexity index is 878. The van der Waals surface area contributed by atoms with Gasteiger partial charge in [-0.3, -0.25) is 4.79 Å². The largest absolute Gasteiger partial charge is 0.452 e. The second kappa shape index (κ2) is 7.96. The standard InChI is InChI=1S/C15H15ClN2O5S2/c1-18(8-11-4-7-13(16)24-11)14(19)9-23-15(20)10-2-5-12(6-3-10)25(17,21)22/h2-7H,8-9H2,1H3,(H2,17,21,22). The van der Waals surface area contributed by atoms with Crippen LogP contribution >= 0.6 is 22.9 Å². The third kappa shape index (κ3) is 5.53. The van der Waals surface area contributed by atoms with Crippen molar-refractivity contribution in [2.45, 2.75) is 11.4 Å². The zero-order valence-corrected chi connectivity index (χ0v) is 15.5. The monoisotopic (exact) mass is 402 g/mol. The highest BCUT2D eigenvalue weighted by Gasteiger charge is 2.15. The molecule has 2 rings (SSSR count). The first kappa shape index (κ1) is 19.4. The number of sulfonamides is 1. The summed E-state index contributed by atoms with van der Waals surface area (Å²) in [6, 6.07) is 8.48. The fourth-order valence-corrected chi connectivity index (χ4v) is 3.52. The van der Waals surface area contributed by atoms with E-state index in [0.29, 0.717) is 10.9 Å². The van der Waals surface area contributed by atoms with E-state index in [0.717, 1.165) is 4.88 Å². The summed E-state index contributed by atoms with van der Waals surface area (Å²) in [5.74, 6) is -1.11. The molecule has 0 unspecified atom stereocenters. The molecule has 134 valence electrons. The molecule has 0 fully saturated rings. The quantitative estimate of drug-likeness (QED) is 0.742. The van der Waals surface area contributed by atoms with E-state index >= 15 is 0 Å². The first-order valence-electron chi connectivity index (χ1n) is 6.95. The molecule has 0 aliphatic carbocycles. The van der Waals surface area contributed by atoms with Crippen LogP contribution < -0.4 is 5.14 Å². The lowest BCUT2D eigenvalue weighted by atomic mass is 10.2. The van der Waals surface area contributed by atoms with Gasteiger partial charge in [-0.1, -0.05) is 11.6 Å². The minimum Gasteiger partial charge on any atom is -0.452 e. The maximum Gasteiger partial charge on any atom is 0.338 e. The van der Waals surface area contributed by atoms with Crippen LogP contribution in [0.25, 0.3) is 0 Å². The van der Waals surface area contributed by atoms with Gasteiger partial charge in [-0.2, -0.15) is 0 Å². The normalized spacial score (nSPS) is 11.2. The van der Waals surface area contributed by atoms with Gasteiger partial charge < -0.3 is 9.64 Å². The Morgan fingerprint density at radius 3 is 2.36 bits per heavy atom. The second-order valence-electron chi connectivity index (χ2n) is 5.10. The Labute approximate surface area is 154 Å². The minimum atomic E-state index is -3.83. The number of hydrogen-bond donors (Lipinski definition) is 1. The molecule has 1 heterocycles. The van der Waals surface area contributed by atoms with E-state index in [1.807, 2.05) is 6.07 Å². The summed E-state index contributed by atoms with van der Waals surface area (Å²) in [5.41, 5.74) is 0.118. The number of amides is 1. The van der Waals surface area contributed by atoms with Crippen LogP contribution in [0.15, 0.2) is 41.3 Å².